The van der Waals surface area contributed by atoms with Crippen LogP contribution in [0.15, 0.2) is 54.7 Å². The summed E-state index contributed by atoms with van der Waals surface area (Å²) in [6.07, 6.45) is 1.60. The molecule has 0 spiro atoms. The highest BCUT2D eigenvalue weighted by atomic mass is 16.1. The molecule has 4 aromatic rings. The molecule has 142 valence electrons. The van der Waals surface area contributed by atoms with E-state index in [1.165, 1.54) is 5.56 Å². The predicted octanol–water partition coefficient (Wildman–Crippen LogP) is 4.65. The first-order chi connectivity index (χ1) is 13.6. The maximum absolute atomic E-state index is 13.0. The van der Waals surface area contributed by atoms with Crippen molar-refractivity contribution < 1.29 is 4.79 Å². The van der Waals surface area contributed by atoms with Gasteiger partial charge in [0.2, 0.25) is 0 Å². The largest absolute Gasteiger partial charge is 0.370 e. The van der Waals surface area contributed by atoms with Crippen LogP contribution < -0.4 is 10.6 Å². The lowest BCUT2D eigenvalue weighted by Crippen LogP contribution is -2.15. The Morgan fingerprint density at radius 3 is 2.68 bits per heavy atom. The molecule has 0 unspecified atom stereocenters. The molecule has 2 aromatic heterocycles. The summed E-state index contributed by atoms with van der Waals surface area (Å²) in [7, 11) is 0. The van der Waals surface area contributed by atoms with Crippen LogP contribution in [-0.2, 0) is 0 Å². The molecule has 3 N–H and O–H groups in total. The van der Waals surface area contributed by atoms with E-state index in [-0.39, 0.29) is 5.91 Å². The molecule has 2 aromatic carbocycles. The number of aryl methyl sites for hydroxylation is 2. The van der Waals surface area contributed by atoms with Gasteiger partial charge in [-0.05, 0) is 56.7 Å². The highest BCUT2D eigenvalue weighted by molar-refractivity contribution is 6.08. The average molecular weight is 373 g/mol. The van der Waals surface area contributed by atoms with Crippen LogP contribution >= 0.6 is 0 Å². The summed E-state index contributed by atoms with van der Waals surface area (Å²) in [6, 6.07) is 15.7. The molecule has 2 heterocycles. The van der Waals surface area contributed by atoms with E-state index in [0.29, 0.717) is 17.9 Å². The number of para-hydroxylation sites is 1. The van der Waals surface area contributed by atoms with E-state index in [1.807, 2.05) is 62.4 Å². The van der Waals surface area contributed by atoms with Gasteiger partial charge >= 0.3 is 0 Å². The van der Waals surface area contributed by atoms with Crippen LogP contribution in [0.25, 0.3) is 16.6 Å². The Morgan fingerprint density at radius 1 is 1.14 bits per heavy atom. The molecule has 0 atom stereocenters. The Labute approximate surface area is 163 Å². The quantitative estimate of drug-likeness (QED) is 0.476. The molecule has 0 aliphatic rings. The third-order valence-electron chi connectivity index (χ3n) is 4.92. The summed E-state index contributed by atoms with van der Waals surface area (Å²) < 4.78 is 1.75. The fraction of sp³-hybridized carbons (Fsp3) is 0.182. The maximum Gasteiger partial charge on any atom is 0.261 e. The first-order valence-electron chi connectivity index (χ1n) is 9.36. The second-order valence-corrected chi connectivity index (χ2v) is 6.77. The number of H-pyrrole nitrogens is 1. The summed E-state index contributed by atoms with van der Waals surface area (Å²) in [4.78, 5) is 16.3. The van der Waals surface area contributed by atoms with Gasteiger partial charge in [-0.3, -0.25) is 4.79 Å². The average Bonchev–Trinajstić information content (AvgIpc) is 3.24. The third kappa shape index (κ3) is 3.13. The number of aromatic amines is 1. The molecule has 0 saturated heterocycles. The molecule has 6 nitrogen and oxygen atoms in total. The summed E-state index contributed by atoms with van der Waals surface area (Å²) in [5.41, 5.74) is 5.56. The number of carbonyl (C=O) groups is 1. The molecule has 0 bridgehead atoms. The van der Waals surface area contributed by atoms with Crippen LogP contribution in [0.2, 0.25) is 0 Å². The van der Waals surface area contributed by atoms with Gasteiger partial charge in [-0.25, -0.2) is 4.68 Å². The zero-order valence-corrected chi connectivity index (χ0v) is 16.2. The van der Waals surface area contributed by atoms with E-state index >= 15 is 0 Å². The number of rotatable bonds is 5. The SMILES string of the molecule is CCNc1c(C(=O)Nc2ccc3[nH]c(C)c(C)c3c2)cnn1-c1ccccc1. The second-order valence-electron chi connectivity index (χ2n) is 6.77. The second kappa shape index (κ2) is 7.23. The number of carbonyl (C=O) groups excluding carboxylic acids is 1. The molecule has 0 fully saturated rings. The number of nitrogens with zero attached hydrogens (tertiary/aromatic N) is 2. The number of hydrogen-bond acceptors (Lipinski definition) is 3. The molecule has 0 radical (unpaired) electrons. The fourth-order valence-electron chi connectivity index (χ4n) is 3.35. The highest BCUT2D eigenvalue weighted by Crippen LogP contribution is 2.26. The molecule has 28 heavy (non-hydrogen) atoms. The highest BCUT2D eigenvalue weighted by Gasteiger charge is 2.18. The smallest absolute Gasteiger partial charge is 0.261 e. The summed E-state index contributed by atoms with van der Waals surface area (Å²) >= 11 is 0. The summed E-state index contributed by atoms with van der Waals surface area (Å²) in [6.45, 7) is 6.81. The van der Waals surface area contributed by atoms with Gasteiger partial charge < -0.3 is 15.6 Å². The van der Waals surface area contributed by atoms with Crippen LogP contribution in [-0.4, -0.2) is 27.2 Å². The maximum atomic E-state index is 13.0. The van der Waals surface area contributed by atoms with Crippen molar-refractivity contribution in [3.8, 4) is 5.69 Å². The van der Waals surface area contributed by atoms with E-state index in [1.54, 1.807) is 10.9 Å². The number of benzene rings is 2. The Kier molecular flexibility index (Phi) is 4.61. The zero-order valence-electron chi connectivity index (χ0n) is 16.2. The van der Waals surface area contributed by atoms with Gasteiger partial charge in [-0.1, -0.05) is 18.2 Å². The molecule has 0 aliphatic carbocycles. The number of nitrogens with one attached hydrogen (secondary N) is 3. The van der Waals surface area contributed by atoms with Crippen molar-refractivity contribution in [2.45, 2.75) is 20.8 Å². The van der Waals surface area contributed by atoms with Crippen LogP contribution in [0.4, 0.5) is 11.5 Å². The number of hydrogen-bond donors (Lipinski definition) is 3. The van der Waals surface area contributed by atoms with Gasteiger partial charge in [-0.15, -0.1) is 0 Å². The van der Waals surface area contributed by atoms with Crippen LogP contribution in [0.1, 0.15) is 28.5 Å². The van der Waals surface area contributed by atoms with Gasteiger partial charge in [0.05, 0.1) is 11.9 Å². The zero-order chi connectivity index (χ0) is 19.7. The van der Waals surface area contributed by atoms with Crippen molar-refractivity contribution in [2.75, 3.05) is 17.2 Å². The summed E-state index contributed by atoms with van der Waals surface area (Å²) in [5, 5.41) is 11.8. The minimum atomic E-state index is -0.192. The lowest BCUT2D eigenvalue weighted by molar-refractivity contribution is 0.102. The van der Waals surface area contributed by atoms with E-state index in [0.717, 1.165) is 28.0 Å². The molecule has 0 aliphatic heterocycles. The van der Waals surface area contributed by atoms with Crippen LogP contribution in [0.3, 0.4) is 0 Å². The Bertz CT molecular complexity index is 1140. The van der Waals surface area contributed by atoms with Crippen molar-refractivity contribution in [3.05, 3.63) is 71.5 Å². The summed E-state index contributed by atoms with van der Waals surface area (Å²) in [5.74, 6) is 0.489. The molecular weight excluding hydrogens is 350 g/mol. The topological polar surface area (TPSA) is 74.7 Å². The Hall–Kier alpha value is -3.54. The lowest BCUT2D eigenvalue weighted by Gasteiger charge is -2.11. The normalized spacial score (nSPS) is 11.0. The van der Waals surface area contributed by atoms with Gasteiger partial charge in [0, 0.05) is 28.8 Å². The minimum absolute atomic E-state index is 0.192. The molecular formula is C22H23N5O. The Balaban J connectivity index is 1.66. The van der Waals surface area contributed by atoms with Crippen molar-refractivity contribution >= 4 is 28.3 Å². The van der Waals surface area contributed by atoms with Gasteiger partial charge in [0.25, 0.3) is 5.91 Å². The number of anilines is 2. The molecule has 1 amide bonds. The molecule has 0 saturated carbocycles. The van der Waals surface area contributed by atoms with Crippen LogP contribution in [0, 0.1) is 13.8 Å². The van der Waals surface area contributed by atoms with Crippen LogP contribution in [0.5, 0.6) is 0 Å². The number of fused-ring (bicyclic) bond motifs is 1. The standard InChI is InChI=1S/C22H23N5O/c1-4-23-21-19(13-24-27(21)17-8-6-5-7-9-17)22(28)26-16-10-11-20-18(12-16)14(2)15(3)25-20/h5-13,23,25H,4H2,1-3H3,(H,26,28). The van der Waals surface area contributed by atoms with Gasteiger partial charge in [0.1, 0.15) is 11.4 Å². The van der Waals surface area contributed by atoms with Gasteiger partial charge in [-0.2, -0.15) is 5.10 Å². The van der Waals surface area contributed by atoms with E-state index in [2.05, 4.69) is 27.6 Å². The first kappa shape index (κ1) is 17.9. The Morgan fingerprint density at radius 2 is 1.93 bits per heavy atom. The van der Waals surface area contributed by atoms with E-state index in [4.69, 9.17) is 0 Å². The predicted molar refractivity (Wildman–Crippen MR) is 113 cm³/mol. The monoisotopic (exact) mass is 373 g/mol. The minimum Gasteiger partial charge on any atom is -0.370 e. The number of aromatic nitrogens is 3. The van der Waals surface area contributed by atoms with Crippen molar-refractivity contribution in [1.29, 1.82) is 0 Å². The molecule has 4 rings (SSSR count). The third-order valence-corrected chi connectivity index (χ3v) is 4.92. The van der Waals surface area contributed by atoms with E-state index < -0.39 is 0 Å². The number of amides is 1. The van der Waals surface area contributed by atoms with Crippen molar-refractivity contribution in [2.24, 2.45) is 0 Å². The van der Waals surface area contributed by atoms with E-state index in [9.17, 15) is 4.79 Å². The fourth-order valence-corrected chi connectivity index (χ4v) is 3.35. The molecule has 6 heteroatoms. The van der Waals surface area contributed by atoms with Gasteiger partial charge in [0.15, 0.2) is 0 Å². The first-order valence-corrected chi connectivity index (χ1v) is 9.36. The van der Waals surface area contributed by atoms with Crippen molar-refractivity contribution in [3.63, 3.8) is 0 Å². The van der Waals surface area contributed by atoms with Crippen molar-refractivity contribution in [1.82, 2.24) is 14.8 Å². The lowest BCUT2D eigenvalue weighted by atomic mass is 10.1.